The summed E-state index contributed by atoms with van der Waals surface area (Å²) in [5.74, 6) is 0. The molecular weight excluding hydrogens is 226 g/mol. The average Bonchev–Trinajstić information content (AvgIpc) is 2.71. The number of aryl methyl sites for hydroxylation is 1. The molecule has 0 spiro atoms. The molecule has 1 N–H and O–H groups in total. The summed E-state index contributed by atoms with van der Waals surface area (Å²) in [5.41, 5.74) is 1.51. The molecule has 3 nitrogen and oxygen atoms in total. The second kappa shape index (κ2) is 4.63. The summed E-state index contributed by atoms with van der Waals surface area (Å²) in [4.78, 5) is 0. The Bertz CT molecular complexity index is 496. The molecule has 0 saturated heterocycles. The number of rotatable bonds is 3. The van der Waals surface area contributed by atoms with Crippen molar-refractivity contribution < 1.29 is 13.9 Å². The largest absolute Gasteiger partial charge is 0.381 e. The lowest BCUT2D eigenvalue weighted by Gasteiger charge is -2.08. The van der Waals surface area contributed by atoms with Gasteiger partial charge in [0.05, 0.1) is 11.4 Å². The Labute approximate surface area is 97.3 Å². The molecule has 0 aliphatic carbocycles. The molecular formula is C12H12F2N2O. The van der Waals surface area contributed by atoms with Gasteiger partial charge in [0.25, 0.3) is 6.43 Å². The molecule has 1 atom stereocenters. The Morgan fingerprint density at radius 1 is 1.24 bits per heavy atom. The quantitative estimate of drug-likeness (QED) is 0.891. The van der Waals surface area contributed by atoms with E-state index < -0.39 is 12.5 Å². The van der Waals surface area contributed by atoms with Crippen LogP contribution < -0.4 is 0 Å². The van der Waals surface area contributed by atoms with Gasteiger partial charge in [-0.05, 0) is 6.07 Å². The number of hydrogen-bond acceptors (Lipinski definition) is 2. The van der Waals surface area contributed by atoms with Gasteiger partial charge >= 0.3 is 0 Å². The van der Waals surface area contributed by atoms with Crippen LogP contribution in [0.15, 0.2) is 36.4 Å². The third-order valence-electron chi connectivity index (χ3n) is 2.53. The molecule has 17 heavy (non-hydrogen) atoms. The summed E-state index contributed by atoms with van der Waals surface area (Å²) in [5, 5.41) is 13.4. The highest BCUT2D eigenvalue weighted by atomic mass is 19.3. The third kappa shape index (κ3) is 2.34. The van der Waals surface area contributed by atoms with Gasteiger partial charge in [0.1, 0.15) is 0 Å². The Hall–Kier alpha value is -1.75. The van der Waals surface area contributed by atoms with Gasteiger partial charge in [-0.2, -0.15) is 5.10 Å². The highest BCUT2D eigenvalue weighted by molar-refractivity contribution is 5.59. The van der Waals surface area contributed by atoms with Gasteiger partial charge in [-0.3, -0.25) is 4.68 Å². The monoisotopic (exact) mass is 238 g/mol. The van der Waals surface area contributed by atoms with Gasteiger partial charge in [0, 0.05) is 12.6 Å². The van der Waals surface area contributed by atoms with E-state index in [1.54, 1.807) is 0 Å². The van der Waals surface area contributed by atoms with Crippen LogP contribution in [0.1, 0.15) is 11.8 Å². The topological polar surface area (TPSA) is 38.0 Å². The number of benzene rings is 1. The van der Waals surface area contributed by atoms with Gasteiger partial charge in [-0.1, -0.05) is 30.3 Å². The van der Waals surface area contributed by atoms with Crippen molar-refractivity contribution in [2.24, 2.45) is 7.05 Å². The van der Waals surface area contributed by atoms with Crippen molar-refractivity contribution in [1.82, 2.24) is 9.78 Å². The molecule has 1 aromatic carbocycles. The maximum Gasteiger partial charge on any atom is 0.269 e. The van der Waals surface area contributed by atoms with Crippen LogP contribution >= 0.6 is 0 Å². The van der Waals surface area contributed by atoms with E-state index in [9.17, 15) is 13.9 Å². The van der Waals surface area contributed by atoms with Crippen LogP contribution in [-0.4, -0.2) is 21.3 Å². The van der Waals surface area contributed by atoms with Crippen LogP contribution in [0.2, 0.25) is 0 Å². The number of alkyl halides is 2. The molecule has 0 aliphatic heterocycles. The highest BCUT2D eigenvalue weighted by Gasteiger charge is 2.23. The SMILES string of the molecule is Cn1nc(-c2ccccc2)cc1C(O)C(F)F. The van der Waals surface area contributed by atoms with Gasteiger partial charge < -0.3 is 5.11 Å². The first kappa shape index (κ1) is 11.7. The molecule has 0 fully saturated rings. The zero-order valence-corrected chi connectivity index (χ0v) is 9.22. The molecule has 2 aromatic rings. The molecule has 0 radical (unpaired) electrons. The van der Waals surface area contributed by atoms with E-state index in [2.05, 4.69) is 5.10 Å². The van der Waals surface area contributed by atoms with Gasteiger partial charge in [0.2, 0.25) is 0 Å². The molecule has 0 saturated carbocycles. The zero-order valence-electron chi connectivity index (χ0n) is 9.22. The summed E-state index contributed by atoms with van der Waals surface area (Å²) in [6, 6.07) is 10.7. The highest BCUT2D eigenvalue weighted by Crippen LogP contribution is 2.25. The smallest absolute Gasteiger partial charge is 0.269 e. The minimum absolute atomic E-state index is 0.110. The fourth-order valence-electron chi connectivity index (χ4n) is 1.64. The minimum atomic E-state index is -2.81. The van der Waals surface area contributed by atoms with Gasteiger partial charge in [-0.15, -0.1) is 0 Å². The first-order valence-corrected chi connectivity index (χ1v) is 5.15. The zero-order chi connectivity index (χ0) is 12.4. The van der Waals surface area contributed by atoms with E-state index in [1.165, 1.54) is 17.8 Å². The van der Waals surface area contributed by atoms with Crippen LogP contribution in [0.25, 0.3) is 11.3 Å². The Balaban J connectivity index is 2.37. The summed E-state index contributed by atoms with van der Waals surface area (Å²) in [6.45, 7) is 0. The lowest BCUT2D eigenvalue weighted by atomic mass is 10.1. The predicted octanol–water partition coefficient (Wildman–Crippen LogP) is 2.39. The molecule has 0 aliphatic rings. The first-order chi connectivity index (χ1) is 8.09. The summed E-state index contributed by atoms with van der Waals surface area (Å²) < 4.78 is 26.1. The van der Waals surface area contributed by atoms with E-state index in [0.717, 1.165) is 5.56 Å². The van der Waals surface area contributed by atoms with Crippen molar-refractivity contribution in [2.45, 2.75) is 12.5 Å². The number of aliphatic hydroxyl groups excluding tert-OH is 1. The molecule has 5 heteroatoms. The number of aliphatic hydroxyl groups is 1. The third-order valence-corrected chi connectivity index (χ3v) is 2.53. The van der Waals surface area contributed by atoms with Crippen molar-refractivity contribution in [3.8, 4) is 11.3 Å². The van der Waals surface area contributed by atoms with E-state index in [-0.39, 0.29) is 5.69 Å². The molecule has 0 amide bonds. The second-order valence-electron chi connectivity index (χ2n) is 3.72. The van der Waals surface area contributed by atoms with Crippen LogP contribution in [0.4, 0.5) is 8.78 Å². The van der Waals surface area contributed by atoms with Crippen molar-refractivity contribution >= 4 is 0 Å². The number of aromatic nitrogens is 2. The molecule has 1 unspecified atom stereocenters. The normalized spacial score (nSPS) is 13.0. The van der Waals surface area contributed by atoms with Crippen molar-refractivity contribution in [2.75, 3.05) is 0 Å². The van der Waals surface area contributed by atoms with Gasteiger partial charge in [-0.25, -0.2) is 8.78 Å². The fourth-order valence-corrected chi connectivity index (χ4v) is 1.64. The lowest BCUT2D eigenvalue weighted by molar-refractivity contribution is -0.0103. The predicted molar refractivity (Wildman–Crippen MR) is 59.6 cm³/mol. The van der Waals surface area contributed by atoms with Crippen LogP contribution in [-0.2, 0) is 7.05 Å². The van der Waals surface area contributed by atoms with Crippen LogP contribution in [0, 0.1) is 0 Å². The van der Waals surface area contributed by atoms with Crippen LogP contribution in [0.5, 0.6) is 0 Å². The van der Waals surface area contributed by atoms with Crippen molar-refractivity contribution in [3.63, 3.8) is 0 Å². The minimum Gasteiger partial charge on any atom is -0.381 e. The second-order valence-corrected chi connectivity index (χ2v) is 3.72. The van der Waals surface area contributed by atoms with Crippen molar-refractivity contribution in [3.05, 3.63) is 42.1 Å². The van der Waals surface area contributed by atoms with E-state index in [1.807, 2.05) is 30.3 Å². The summed E-state index contributed by atoms with van der Waals surface area (Å²) in [6.07, 6.45) is -4.61. The molecule has 0 bridgehead atoms. The standard InChI is InChI=1S/C12H12F2N2O/c1-16-10(11(17)12(13)14)7-9(15-16)8-5-3-2-4-6-8/h2-7,11-12,17H,1H3. The van der Waals surface area contributed by atoms with Gasteiger partial charge in [0.15, 0.2) is 6.10 Å². The Morgan fingerprint density at radius 2 is 1.88 bits per heavy atom. The van der Waals surface area contributed by atoms with E-state index >= 15 is 0 Å². The maximum absolute atomic E-state index is 12.4. The summed E-state index contributed by atoms with van der Waals surface area (Å²) in [7, 11) is 1.54. The summed E-state index contributed by atoms with van der Waals surface area (Å²) >= 11 is 0. The van der Waals surface area contributed by atoms with Crippen molar-refractivity contribution in [1.29, 1.82) is 0 Å². The van der Waals surface area contributed by atoms with Crippen LogP contribution in [0.3, 0.4) is 0 Å². The Kier molecular flexibility index (Phi) is 3.19. The molecule has 2 rings (SSSR count). The molecule has 90 valence electrons. The number of halogens is 2. The number of nitrogens with zero attached hydrogens (tertiary/aromatic N) is 2. The fraction of sp³-hybridized carbons (Fsp3) is 0.250. The Morgan fingerprint density at radius 3 is 2.47 bits per heavy atom. The van der Waals surface area contributed by atoms with E-state index in [4.69, 9.17) is 0 Å². The average molecular weight is 238 g/mol. The first-order valence-electron chi connectivity index (χ1n) is 5.15. The molecule has 1 aromatic heterocycles. The van der Waals surface area contributed by atoms with E-state index in [0.29, 0.717) is 5.69 Å². The lowest BCUT2D eigenvalue weighted by Crippen LogP contribution is -2.12. The maximum atomic E-state index is 12.4. The molecule has 1 heterocycles. The number of hydrogen-bond donors (Lipinski definition) is 1.